The van der Waals surface area contributed by atoms with Crippen molar-refractivity contribution in [2.45, 2.75) is 41.0 Å². The molecule has 1 amide bonds. The predicted octanol–water partition coefficient (Wildman–Crippen LogP) is 3.65. The van der Waals surface area contributed by atoms with Crippen molar-refractivity contribution in [3.8, 4) is 5.95 Å². The van der Waals surface area contributed by atoms with E-state index in [0.29, 0.717) is 18.3 Å². The Balaban J connectivity index is 1.91. The number of amides is 1. The Morgan fingerprint density at radius 1 is 1.14 bits per heavy atom. The van der Waals surface area contributed by atoms with E-state index in [1.54, 1.807) is 15.8 Å². The van der Waals surface area contributed by atoms with Crippen LogP contribution >= 0.6 is 15.9 Å². The molecule has 0 radical (unpaired) electrons. The number of aromatic nitrogens is 5. The second-order valence-corrected chi connectivity index (χ2v) is 7.58. The van der Waals surface area contributed by atoms with Gasteiger partial charge in [-0.05, 0) is 68.7 Å². The van der Waals surface area contributed by atoms with Crippen LogP contribution in [0.25, 0.3) is 5.95 Å². The van der Waals surface area contributed by atoms with Gasteiger partial charge in [0.1, 0.15) is 5.82 Å². The molecule has 0 fully saturated rings. The summed E-state index contributed by atoms with van der Waals surface area (Å²) in [6.07, 6.45) is 1.94. The number of aryl methyl sites for hydroxylation is 3. The Morgan fingerprint density at radius 2 is 1.82 bits per heavy atom. The Kier molecular flexibility index (Phi) is 5.88. The molecule has 28 heavy (non-hydrogen) atoms. The summed E-state index contributed by atoms with van der Waals surface area (Å²) < 4.78 is 2.59. The van der Waals surface area contributed by atoms with Crippen molar-refractivity contribution in [3.05, 3.63) is 57.2 Å². The molecule has 3 aromatic rings. The van der Waals surface area contributed by atoms with E-state index in [1.807, 2.05) is 52.8 Å². The lowest BCUT2D eigenvalue weighted by Crippen LogP contribution is -2.33. The van der Waals surface area contributed by atoms with Crippen LogP contribution in [0.4, 0.5) is 5.82 Å². The number of hydrogen-bond donors (Lipinski definition) is 0. The molecule has 3 aromatic heterocycles. The molecule has 8 heteroatoms. The lowest BCUT2D eigenvalue weighted by molar-refractivity contribution is -0.118. The average Bonchev–Trinajstić information content (AvgIpc) is 2.91. The van der Waals surface area contributed by atoms with Crippen molar-refractivity contribution < 1.29 is 4.79 Å². The molecule has 0 saturated carbocycles. The predicted molar refractivity (Wildman–Crippen MR) is 112 cm³/mol. The molecule has 0 spiro atoms. The minimum absolute atomic E-state index is 0.0237. The summed E-state index contributed by atoms with van der Waals surface area (Å²) in [5.41, 5.74) is 4.32. The van der Waals surface area contributed by atoms with E-state index in [0.717, 1.165) is 32.8 Å². The molecule has 0 N–H and O–H groups in total. The number of nitrogens with zero attached hydrogens (tertiary/aromatic N) is 6. The Morgan fingerprint density at radius 3 is 2.39 bits per heavy atom. The van der Waals surface area contributed by atoms with Gasteiger partial charge in [0.05, 0.1) is 12.1 Å². The van der Waals surface area contributed by atoms with Gasteiger partial charge in [-0.1, -0.05) is 0 Å². The zero-order chi connectivity index (χ0) is 20.4. The van der Waals surface area contributed by atoms with E-state index in [2.05, 4.69) is 36.0 Å². The van der Waals surface area contributed by atoms with Crippen LogP contribution in [-0.2, 0) is 11.2 Å². The van der Waals surface area contributed by atoms with Gasteiger partial charge in [0.2, 0.25) is 5.91 Å². The molecule has 0 atom stereocenters. The highest BCUT2D eigenvalue weighted by Crippen LogP contribution is 2.20. The van der Waals surface area contributed by atoms with Gasteiger partial charge in [-0.25, -0.2) is 19.6 Å². The van der Waals surface area contributed by atoms with E-state index >= 15 is 0 Å². The normalized spacial score (nSPS) is 10.9. The number of carbonyl (C=O) groups is 1. The largest absolute Gasteiger partial charge is 0.297 e. The standard InChI is InChI=1S/C20H23BrN6O/c1-6-26(18-8-7-16(21)11-22-18)19(28)10-17-14(4)25-27(15(17)5)20-23-12(2)9-13(3)24-20/h7-9,11H,6,10H2,1-5H3. The Labute approximate surface area is 173 Å². The number of anilines is 1. The van der Waals surface area contributed by atoms with Gasteiger partial charge in [0, 0.05) is 39.9 Å². The molecule has 3 heterocycles. The third-order valence-corrected chi connectivity index (χ3v) is 5.00. The summed E-state index contributed by atoms with van der Waals surface area (Å²) in [7, 11) is 0. The molecule has 0 saturated heterocycles. The van der Waals surface area contributed by atoms with Gasteiger partial charge >= 0.3 is 0 Å². The molecule has 7 nitrogen and oxygen atoms in total. The van der Waals surface area contributed by atoms with Gasteiger partial charge in [-0.2, -0.15) is 5.10 Å². The van der Waals surface area contributed by atoms with E-state index < -0.39 is 0 Å². The Bertz CT molecular complexity index is 992. The first-order chi connectivity index (χ1) is 13.3. The minimum Gasteiger partial charge on any atom is -0.297 e. The zero-order valence-corrected chi connectivity index (χ0v) is 18.3. The maximum Gasteiger partial charge on any atom is 0.251 e. The van der Waals surface area contributed by atoms with Gasteiger partial charge in [-0.3, -0.25) is 9.69 Å². The van der Waals surface area contributed by atoms with Crippen molar-refractivity contribution >= 4 is 27.7 Å². The topological polar surface area (TPSA) is 76.8 Å². The molecular weight excluding hydrogens is 420 g/mol. The molecule has 0 aliphatic carbocycles. The SMILES string of the molecule is CCN(C(=O)Cc1c(C)nn(-c2nc(C)cc(C)n2)c1C)c1ccc(Br)cn1. The molecule has 3 rings (SSSR count). The fraction of sp³-hybridized carbons (Fsp3) is 0.350. The van der Waals surface area contributed by atoms with Gasteiger partial charge in [-0.15, -0.1) is 0 Å². The average molecular weight is 443 g/mol. The maximum absolute atomic E-state index is 13.0. The third kappa shape index (κ3) is 4.11. The van der Waals surface area contributed by atoms with Crippen LogP contribution in [0.5, 0.6) is 0 Å². The number of likely N-dealkylation sites (N-methyl/N-ethyl adjacent to an activating group) is 1. The number of carbonyl (C=O) groups excluding carboxylic acids is 1. The maximum atomic E-state index is 13.0. The van der Waals surface area contributed by atoms with Gasteiger partial charge in [0.15, 0.2) is 0 Å². The van der Waals surface area contributed by atoms with E-state index in [1.165, 1.54) is 0 Å². The molecule has 0 aliphatic heterocycles. The van der Waals surface area contributed by atoms with Crippen molar-refractivity contribution in [2.24, 2.45) is 0 Å². The van der Waals surface area contributed by atoms with Crippen LogP contribution in [0.2, 0.25) is 0 Å². The first kappa shape index (κ1) is 20.1. The molecule has 0 bridgehead atoms. The fourth-order valence-electron chi connectivity index (χ4n) is 3.17. The van der Waals surface area contributed by atoms with Crippen molar-refractivity contribution in [3.63, 3.8) is 0 Å². The van der Waals surface area contributed by atoms with Crippen molar-refractivity contribution in [1.29, 1.82) is 0 Å². The van der Waals surface area contributed by atoms with Crippen LogP contribution in [0, 0.1) is 27.7 Å². The Hall–Kier alpha value is -2.61. The number of hydrogen-bond acceptors (Lipinski definition) is 5. The third-order valence-electron chi connectivity index (χ3n) is 4.53. The van der Waals surface area contributed by atoms with Crippen LogP contribution in [0.3, 0.4) is 0 Å². The second kappa shape index (κ2) is 8.18. The van der Waals surface area contributed by atoms with Crippen molar-refractivity contribution in [2.75, 3.05) is 11.4 Å². The molecular formula is C20H23BrN6O. The zero-order valence-electron chi connectivity index (χ0n) is 16.7. The smallest absolute Gasteiger partial charge is 0.251 e. The van der Waals surface area contributed by atoms with Crippen LogP contribution in [0.15, 0.2) is 28.9 Å². The van der Waals surface area contributed by atoms with Gasteiger partial charge in [0.25, 0.3) is 5.95 Å². The number of pyridine rings is 1. The summed E-state index contributed by atoms with van der Waals surface area (Å²) in [4.78, 5) is 28.0. The lowest BCUT2D eigenvalue weighted by Gasteiger charge is -2.20. The highest BCUT2D eigenvalue weighted by Gasteiger charge is 2.21. The first-order valence-electron chi connectivity index (χ1n) is 9.09. The van der Waals surface area contributed by atoms with Crippen molar-refractivity contribution in [1.82, 2.24) is 24.7 Å². The monoisotopic (exact) mass is 442 g/mol. The summed E-state index contributed by atoms with van der Waals surface area (Å²) in [5.74, 6) is 1.14. The highest BCUT2D eigenvalue weighted by molar-refractivity contribution is 9.10. The number of rotatable bonds is 5. The van der Waals surface area contributed by atoms with Gasteiger partial charge < -0.3 is 0 Å². The van der Waals surface area contributed by atoms with E-state index in [4.69, 9.17) is 0 Å². The molecule has 0 unspecified atom stereocenters. The van der Waals surface area contributed by atoms with Crippen LogP contribution in [-0.4, -0.2) is 37.2 Å². The lowest BCUT2D eigenvalue weighted by atomic mass is 10.1. The highest BCUT2D eigenvalue weighted by atomic mass is 79.9. The quantitative estimate of drug-likeness (QED) is 0.602. The van der Waals surface area contributed by atoms with Crippen LogP contribution < -0.4 is 4.90 Å². The molecule has 146 valence electrons. The summed E-state index contributed by atoms with van der Waals surface area (Å²) in [5, 5.41) is 4.58. The summed E-state index contributed by atoms with van der Waals surface area (Å²) in [6.45, 7) is 10.2. The minimum atomic E-state index is -0.0237. The molecule has 0 aromatic carbocycles. The first-order valence-corrected chi connectivity index (χ1v) is 9.89. The van der Waals surface area contributed by atoms with E-state index in [-0.39, 0.29) is 12.3 Å². The summed E-state index contributed by atoms with van der Waals surface area (Å²) in [6, 6.07) is 5.63. The second-order valence-electron chi connectivity index (χ2n) is 6.66. The van der Waals surface area contributed by atoms with Crippen LogP contribution in [0.1, 0.15) is 35.3 Å². The summed E-state index contributed by atoms with van der Waals surface area (Å²) >= 11 is 3.37. The fourth-order valence-corrected chi connectivity index (χ4v) is 3.40. The van der Waals surface area contributed by atoms with E-state index in [9.17, 15) is 4.79 Å². The molecule has 0 aliphatic rings. The number of halogens is 1.